The third kappa shape index (κ3) is 2.31. The third-order valence-corrected chi connectivity index (χ3v) is 2.01. The van der Waals surface area contributed by atoms with Crippen molar-refractivity contribution >= 4 is 0 Å². The van der Waals surface area contributed by atoms with E-state index in [0.717, 1.165) is 18.8 Å². The molecule has 0 aromatic rings. The molecule has 0 aliphatic carbocycles. The Morgan fingerprint density at radius 2 is 1.91 bits per heavy atom. The molecule has 1 rings (SSSR count). The molecule has 11 heavy (non-hydrogen) atoms. The predicted molar refractivity (Wildman–Crippen MR) is 48.0 cm³/mol. The molecule has 1 fully saturated rings. The van der Waals surface area contributed by atoms with Crippen LogP contribution in [0.15, 0.2) is 12.3 Å². The molecule has 0 bridgehead atoms. The van der Waals surface area contributed by atoms with Crippen LogP contribution in [0.3, 0.4) is 0 Å². The average Bonchev–Trinajstić information content (AvgIpc) is 2.07. The molecule has 0 aromatic carbocycles. The summed E-state index contributed by atoms with van der Waals surface area (Å²) in [6.07, 6.45) is 3.96. The largest absolute Gasteiger partial charge is 0.365 e. The zero-order valence-electron chi connectivity index (χ0n) is 7.19. The number of likely N-dealkylation sites (tertiary alicyclic amines) is 1. The van der Waals surface area contributed by atoms with Crippen LogP contribution in [0, 0.1) is 11.8 Å². The van der Waals surface area contributed by atoms with Crippen LogP contribution in [0.25, 0.3) is 0 Å². The van der Waals surface area contributed by atoms with Gasteiger partial charge in [0.25, 0.3) is 0 Å². The number of piperidine rings is 1. The lowest BCUT2D eigenvalue weighted by atomic mass is 10.1. The minimum absolute atomic E-state index is 0.993. The summed E-state index contributed by atoms with van der Waals surface area (Å²) in [6, 6.07) is 0. The lowest BCUT2D eigenvalue weighted by Crippen LogP contribution is -2.27. The Hall–Kier alpha value is -0.900. The minimum atomic E-state index is 0.993. The van der Waals surface area contributed by atoms with E-state index in [1.807, 2.05) is 6.92 Å². The Morgan fingerprint density at radius 1 is 1.27 bits per heavy atom. The zero-order valence-corrected chi connectivity index (χ0v) is 7.19. The molecule has 1 aliphatic rings. The van der Waals surface area contributed by atoms with Crippen LogP contribution in [0.2, 0.25) is 0 Å². The maximum atomic E-state index is 3.92. The van der Waals surface area contributed by atoms with E-state index in [4.69, 9.17) is 0 Å². The van der Waals surface area contributed by atoms with Gasteiger partial charge in [-0.15, -0.1) is 0 Å². The maximum absolute atomic E-state index is 3.92. The highest BCUT2D eigenvalue weighted by Crippen LogP contribution is 2.12. The molecule has 60 valence electrons. The van der Waals surface area contributed by atoms with Crippen molar-refractivity contribution in [3.8, 4) is 11.8 Å². The topological polar surface area (TPSA) is 3.24 Å². The van der Waals surface area contributed by atoms with Gasteiger partial charge in [0.05, 0.1) is 5.70 Å². The summed E-state index contributed by atoms with van der Waals surface area (Å²) in [5.74, 6) is 5.87. The summed E-state index contributed by atoms with van der Waals surface area (Å²) in [6.45, 7) is 8.07. The molecule has 1 aliphatic heterocycles. The Bertz CT molecular complexity index is 189. The van der Waals surface area contributed by atoms with Gasteiger partial charge in [-0.1, -0.05) is 18.4 Å². The number of hydrogen-bond acceptors (Lipinski definition) is 1. The molecule has 1 saturated heterocycles. The first kappa shape index (κ1) is 8.20. The van der Waals surface area contributed by atoms with E-state index in [-0.39, 0.29) is 0 Å². The molecule has 0 amide bonds. The van der Waals surface area contributed by atoms with E-state index in [9.17, 15) is 0 Å². The summed E-state index contributed by atoms with van der Waals surface area (Å²) in [5, 5.41) is 0. The van der Waals surface area contributed by atoms with Crippen LogP contribution in [0.5, 0.6) is 0 Å². The molecule has 0 aromatic heterocycles. The van der Waals surface area contributed by atoms with Crippen LogP contribution in [-0.4, -0.2) is 18.0 Å². The van der Waals surface area contributed by atoms with Gasteiger partial charge in [0.1, 0.15) is 0 Å². The maximum Gasteiger partial charge on any atom is 0.0806 e. The van der Waals surface area contributed by atoms with Crippen molar-refractivity contribution in [3.63, 3.8) is 0 Å². The zero-order chi connectivity index (χ0) is 8.10. The molecular weight excluding hydrogens is 134 g/mol. The molecule has 0 N–H and O–H groups in total. The van der Waals surface area contributed by atoms with Gasteiger partial charge < -0.3 is 4.90 Å². The van der Waals surface area contributed by atoms with E-state index in [2.05, 4.69) is 23.3 Å². The van der Waals surface area contributed by atoms with E-state index < -0.39 is 0 Å². The fourth-order valence-corrected chi connectivity index (χ4v) is 1.39. The SMILES string of the molecule is C=C(C#CC)N1CCCCC1. The molecule has 0 spiro atoms. The molecule has 1 heteroatoms. The first-order valence-corrected chi connectivity index (χ1v) is 4.21. The van der Waals surface area contributed by atoms with Crippen molar-refractivity contribution in [3.05, 3.63) is 12.3 Å². The summed E-state index contributed by atoms with van der Waals surface area (Å²) in [7, 11) is 0. The van der Waals surface area contributed by atoms with E-state index in [1.165, 1.54) is 19.3 Å². The van der Waals surface area contributed by atoms with Gasteiger partial charge in [0, 0.05) is 13.1 Å². The summed E-state index contributed by atoms with van der Waals surface area (Å²) in [4.78, 5) is 2.28. The first-order valence-electron chi connectivity index (χ1n) is 4.21. The van der Waals surface area contributed by atoms with E-state index >= 15 is 0 Å². The highest BCUT2D eigenvalue weighted by molar-refractivity contribution is 5.23. The van der Waals surface area contributed by atoms with Crippen molar-refractivity contribution in [2.45, 2.75) is 26.2 Å². The van der Waals surface area contributed by atoms with Gasteiger partial charge in [-0.2, -0.15) is 0 Å². The summed E-state index contributed by atoms with van der Waals surface area (Å²) in [5.41, 5.74) is 0.993. The molecule has 0 saturated carbocycles. The minimum Gasteiger partial charge on any atom is -0.365 e. The van der Waals surface area contributed by atoms with Crippen molar-refractivity contribution in [2.75, 3.05) is 13.1 Å². The molecule has 1 heterocycles. The summed E-state index contributed by atoms with van der Waals surface area (Å²) >= 11 is 0. The average molecular weight is 149 g/mol. The van der Waals surface area contributed by atoms with Crippen LogP contribution < -0.4 is 0 Å². The highest BCUT2D eigenvalue weighted by atomic mass is 15.1. The Kier molecular flexibility index (Phi) is 3.04. The number of nitrogens with zero attached hydrogens (tertiary/aromatic N) is 1. The van der Waals surface area contributed by atoms with E-state index in [0.29, 0.717) is 0 Å². The van der Waals surface area contributed by atoms with Gasteiger partial charge in [0.15, 0.2) is 0 Å². The van der Waals surface area contributed by atoms with Crippen LogP contribution in [-0.2, 0) is 0 Å². The van der Waals surface area contributed by atoms with Crippen molar-refractivity contribution in [1.29, 1.82) is 0 Å². The lowest BCUT2D eigenvalue weighted by Gasteiger charge is -2.27. The van der Waals surface area contributed by atoms with Gasteiger partial charge in [0.2, 0.25) is 0 Å². The highest BCUT2D eigenvalue weighted by Gasteiger charge is 2.09. The fourth-order valence-electron chi connectivity index (χ4n) is 1.39. The van der Waals surface area contributed by atoms with Crippen molar-refractivity contribution in [1.82, 2.24) is 4.90 Å². The molecule has 0 radical (unpaired) electrons. The van der Waals surface area contributed by atoms with Crippen molar-refractivity contribution in [2.24, 2.45) is 0 Å². The Labute approximate surface area is 69.1 Å². The van der Waals surface area contributed by atoms with Crippen LogP contribution in [0.1, 0.15) is 26.2 Å². The smallest absolute Gasteiger partial charge is 0.0806 e. The van der Waals surface area contributed by atoms with E-state index in [1.54, 1.807) is 0 Å². The van der Waals surface area contributed by atoms with Gasteiger partial charge in [-0.05, 0) is 26.2 Å². The fraction of sp³-hybridized carbons (Fsp3) is 0.600. The second kappa shape index (κ2) is 4.08. The first-order chi connectivity index (χ1) is 5.34. The summed E-state index contributed by atoms with van der Waals surface area (Å²) < 4.78 is 0. The standard InChI is InChI=1S/C10H15N/c1-3-7-10(2)11-8-5-4-6-9-11/h2,4-6,8-9H2,1H3. The van der Waals surface area contributed by atoms with Gasteiger partial charge in [-0.3, -0.25) is 0 Å². The second-order valence-electron chi connectivity index (χ2n) is 2.87. The number of allylic oxidation sites excluding steroid dienone is 1. The lowest BCUT2D eigenvalue weighted by molar-refractivity contribution is 0.296. The number of rotatable bonds is 1. The third-order valence-electron chi connectivity index (χ3n) is 2.01. The second-order valence-corrected chi connectivity index (χ2v) is 2.87. The van der Waals surface area contributed by atoms with Crippen LogP contribution >= 0.6 is 0 Å². The molecule has 0 atom stereocenters. The monoisotopic (exact) mass is 149 g/mol. The normalized spacial score (nSPS) is 17.0. The quantitative estimate of drug-likeness (QED) is 0.515. The molecular formula is C10H15N. The number of hydrogen-bond donors (Lipinski definition) is 0. The Balaban J connectivity index is 2.43. The van der Waals surface area contributed by atoms with Crippen LogP contribution in [0.4, 0.5) is 0 Å². The predicted octanol–water partition coefficient (Wildman–Crippen LogP) is 2.01. The Morgan fingerprint density at radius 3 is 2.45 bits per heavy atom. The molecule has 0 unspecified atom stereocenters. The molecule has 1 nitrogen and oxygen atoms in total. The van der Waals surface area contributed by atoms with Gasteiger partial charge in [-0.25, -0.2) is 0 Å². The van der Waals surface area contributed by atoms with Gasteiger partial charge >= 0.3 is 0 Å². The van der Waals surface area contributed by atoms with Crippen molar-refractivity contribution < 1.29 is 0 Å².